The van der Waals surface area contributed by atoms with Gasteiger partial charge in [0, 0.05) is 24.4 Å². The largest absolute Gasteiger partial charge is 0.303 e. The number of hydrogen-bond donors (Lipinski definition) is 0. The third-order valence-electron chi connectivity index (χ3n) is 4.48. The van der Waals surface area contributed by atoms with E-state index in [2.05, 4.69) is 9.88 Å². The average molecular weight is 329 g/mol. The van der Waals surface area contributed by atoms with E-state index in [0.717, 1.165) is 29.0 Å². The van der Waals surface area contributed by atoms with Gasteiger partial charge >= 0.3 is 0 Å². The first-order valence-corrected chi connectivity index (χ1v) is 9.73. The number of aromatic nitrogens is 4. The van der Waals surface area contributed by atoms with Crippen LogP contribution >= 0.6 is 11.8 Å². The van der Waals surface area contributed by atoms with Crippen LogP contribution in [0.4, 0.5) is 0 Å². The van der Waals surface area contributed by atoms with Gasteiger partial charge < -0.3 is 4.90 Å². The van der Waals surface area contributed by atoms with Crippen molar-refractivity contribution in [1.82, 2.24) is 24.6 Å². The van der Waals surface area contributed by atoms with Crippen molar-refractivity contribution in [2.45, 2.75) is 37.4 Å². The first-order chi connectivity index (χ1) is 11.4. The van der Waals surface area contributed by atoms with Gasteiger partial charge in [-0.3, -0.25) is 0 Å². The van der Waals surface area contributed by atoms with Crippen molar-refractivity contribution in [2.24, 2.45) is 0 Å². The Labute approximate surface area is 141 Å². The molecule has 2 aromatic rings. The van der Waals surface area contributed by atoms with Crippen LogP contribution in [0.1, 0.15) is 43.3 Å². The van der Waals surface area contributed by atoms with Gasteiger partial charge in [0.25, 0.3) is 0 Å². The highest BCUT2D eigenvalue weighted by Crippen LogP contribution is 2.38. The minimum absolute atomic E-state index is 0.577. The zero-order valence-electron chi connectivity index (χ0n) is 13.4. The SMILES string of the molecule is c1ccc(-n2nc(C3CC3)nc2CSCCN2CCCC2)nc1. The second-order valence-electron chi connectivity index (χ2n) is 6.36. The molecular weight excluding hydrogens is 306 g/mol. The summed E-state index contributed by atoms with van der Waals surface area (Å²) in [6, 6.07) is 5.95. The Morgan fingerprint density at radius 3 is 2.78 bits per heavy atom. The van der Waals surface area contributed by atoms with Crippen molar-refractivity contribution in [3.05, 3.63) is 36.0 Å². The van der Waals surface area contributed by atoms with E-state index < -0.39 is 0 Å². The van der Waals surface area contributed by atoms with Crippen molar-refractivity contribution in [3.63, 3.8) is 0 Å². The molecule has 0 unspecified atom stereocenters. The summed E-state index contributed by atoms with van der Waals surface area (Å²) in [5.74, 6) is 5.57. The Morgan fingerprint density at radius 2 is 2.04 bits per heavy atom. The highest BCUT2D eigenvalue weighted by atomic mass is 32.2. The minimum atomic E-state index is 0.577. The lowest BCUT2D eigenvalue weighted by Gasteiger charge is -2.13. The number of thioether (sulfide) groups is 1. The van der Waals surface area contributed by atoms with Crippen molar-refractivity contribution < 1.29 is 0 Å². The summed E-state index contributed by atoms with van der Waals surface area (Å²) >= 11 is 1.95. The normalized spacial score (nSPS) is 18.6. The Kier molecular flexibility index (Phi) is 4.62. The lowest BCUT2D eigenvalue weighted by atomic mass is 10.4. The van der Waals surface area contributed by atoms with Crippen molar-refractivity contribution >= 4 is 11.8 Å². The van der Waals surface area contributed by atoms with Crippen LogP contribution in [0, 0.1) is 0 Å². The van der Waals surface area contributed by atoms with E-state index in [1.54, 1.807) is 0 Å². The zero-order valence-corrected chi connectivity index (χ0v) is 14.2. The molecule has 5 nitrogen and oxygen atoms in total. The maximum atomic E-state index is 4.80. The van der Waals surface area contributed by atoms with Crippen LogP contribution in [0.3, 0.4) is 0 Å². The van der Waals surface area contributed by atoms with Gasteiger partial charge in [0.05, 0.1) is 5.75 Å². The average Bonchev–Trinajstić information content (AvgIpc) is 3.15. The number of pyridine rings is 1. The molecule has 1 aliphatic carbocycles. The summed E-state index contributed by atoms with van der Waals surface area (Å²) in [4.78, 5) is 11.8. The van der Waals surface area contributed by atoms with Gasteiger partial charge in [-0.2, -0.15) is 16.4 Å². The van der Waals surface area contributed by atoms with Gasteiger partial charge in [-0.05, 0) is 50.9 Å². The van der Waals surface area contributed by atoms with E-state index in [-0.39, 0.29) is 0 Å². The standard InChI is InChI=1S/C17H23N5S/c1-2-8-18-15(5-1)22-16(19-17(20-22)14-6-7-14)13-23-12-11-21-9-3-4-10-21/h1-2,5,8,14H,3-4,6-7,9-13H2. The Morgan fingerprint density at radius 1 is 1.17 bits per heavy atom. The summed E-state index contributed by atoms with van der Waals surface area (Å²) in [5.41, 5.74) is 0. The molecular formula is C17H23N5S. The fraction of sp³-hybridized carbons (Fsp3) is 0.588. The summed E-state index contributed by atoms with van der Waals surface area (Å²) in [6.45, 7) is 3.74. The summed E-state index contributed by atoms with van der Waals surface area (Å²) in [7, 11) is 0. The van der Waals surface area contributed by atoms with E-state index in [9.17, 15) is 0 Å². The van der Waals surface area contributed by atoms with Gasteiger partial charge in [-0.25, -0.2) is 9.97 Å². The van der Waals surface area contributed by atoms with Gasteiger partial charge in [0.1, 0.15) is 5.82 Å². The van der Waals surface area contributed by atoms with Gasteiger partial charge in [-0.1, -0.05) is 6.07 Å². The molecule has 3 heterocycles. The Bertz CT molecular complexity index is 632. The maximum Gasteiger partial charge on any atom is 0.155 e. The third-order valence-corrected chi connectivity index (χ3v) is 5.41. The van der Waals surface area contributed by atoms with Gasteiger partial charge in [-0.15, -0.1) is 5.10 Å². The van der Waals surface area contributed by atoms with E-state index >= 15 is 0 Å². The second-order valence-corrected chi connectivity index (χ2v) is 7.47. The molecule has 0 spiro atoms. The third kappa shape index (κ3) is 3.75. The van der Waals surface area contributed by atoms with Gasteiger partial charge in [0.15, 0.2) is 11.6 Å². The number of hydrogen-bond acceptors (Lipinski definition) is 5. The highest BCUT2D eigenvalue weighted by molar-refractivity contribution is 7.98. The molecule has 1 saturated carbocycles. The molecule has 6 heteroatoms. The van der Waals surface area contributed by atoms with Crippen LogP contribution in [0.2, 0.25) is 0 Å². The molecule has 2 aromatic heterocycles. The molecule has 0 amide bonds. The van der Waals surface area contributed by atoms with Crippen LogP contribution in [-0.2, 0) is 5.75 Å². The maximum absolute atomic E-state index is 4.80. The molecule has 0 radical (unpaired) electrons. The Hall–Kier alpha value is -1.40. The van der Waals surface area contributed by atoms with E-state index in [1.165, 1.54) is 45.3 Å². The molecule has 2 fully saturated rings. The molecule has 0 atom stereocenters. The number of likely N-dealkylation sites (tertiary alicyclic amines) is 1. The Balaban J connectivity index is 1.41. The molecule has 122 valence electrons. The molecule has 4 rings (SSSR count). The predicted molar refractivity (Wildman–Crippen MR) is 93.0 cm³/mol. The quantitative estimate of drug-likeness (QED) is 0.731. The predicted octanol–water partition coefficient (Wildman–Crippen LogP) is 2.87. The summed E-state index contributed by atoms with van der Waals surface area (Å²) in [5, 5.41) is 4.72. The number of nitrogens with zero attached hydrogens (tertiary/aromatic N) is 5. The number of rotatable bonds is 7. The lowest BCUT2D eigenvalue weighted by Crippen LogP contribution is -2.22. The van der Waals surface area contributed by atoms with Crippen molar-refractivity contribution in [1.29, 1.82) is 0 Å². The summed E-state index contributed by atoms with van der Waals surface area (Å²) in [6.07, 6.45) is 7.01. The van der Waals surface area contributed by atoms with E-state index in [0.29, 0.717) is 5.92 Å². The molecule has 2 aliphatic rings. The first-order valence-electron chi connectivity index (χ1n) is 8.57. The van der Waals surface area contributed by atoms with Crippen molar-refractivity contribution in [2.75, 3.05) is 25.4 Å². The zero-order chi connectivity index (χ0) is 15.5. The minimum Gasteiger partial charge on any atom is -0.303 e. The van der Waals surface area contributed by atoms with Crippen LogP contribution in [0.5, 0.6) is 0 Å². The van der Waals surface area contributed by atoms with Crippen LogP contribution in [-0.4, -0.2) is 50.0 Å². The highest BCUT2D eigenvalue weighted by Gasteiger charge is 2.29. The first kappa shape index (κ1) is 15.1. The van der Waals surface area contributed by atoms with Crippen LogP contribution in [0.15, 0.2) is 24.4 Å². The molecule has 1 saturated heterocycles. The fourth-order valence-corrected chi connectivity index (χ4v) is 3.90. The topological polar surface area (TPSA) is 46.8 Å². The lowest BCUT2D eigenvalue weighted by molar-refractivity contribution is 0.362. The van der Waals surface area contributed by atoms with Crippen LogP contribution in [0.25, 0.3) is 5.82 Å². The monoisotopic (exact) mass is 329 g/mol. The molecule has 0 aromatic carbocycles. The summed E-state index contributed by atoms with van der Waals surface area (Å²) < 4.78 is 1.94. The van der Waals surface area contributed by atoms with Crippen LogP contribution < -0.4 is 0 Å². The second kappa shape index (κ2) is 7.01. The smallest absolute Gasteiger partial charge is 0.155 e. The van der Waals surface area contributed by atoms with E-state index in [4.69, 9.17) is 10.1 Å². The fourth-order valence-electron chi connectivity index (χ4n) is 3.00. The molecule has 0 bridgehead atoms. The molecule has 23 heavy (non-hydrogen) atoms. The van der Waals surface area contributed by atoms with E-state index in [1.807, 2.05) is 40.8 Å². The molecule has 1 aliphatic heterocycles. The van der Waals surface area contributed by atoms with Crippen molar-refractivity contribution in [3.8, 4) is 5.82 Å². The molecule has 0 N–H and O–H groups in total. The van der Waals surface area contributed by atoms with Gasteiger partial charge in [0.2, 0.25) is 0 Å².